The van der Waals surface area contributed by atoms with Crippen LogP contribution in [0, 0.1) is 0 Å². The normalized spacial score (nSPS) is 10.5. The second-order valence-corrected chi connectivity index (χ2v) is 3.60. The summed E-state index contributed by atoms with van der Waals surface area (Å²) >= 11 is 0. The molecular formula is C11H17N3O3. The molecule has 0 unspecified atom stereocenters. The first-order valence-corrected chi connectivity index (χ1v) is 5.32. The highest BCUT2D eigenvalue weighted by Gasteiger charge is 2.05. The molecule has 0 bridgehead atoms. The molecule has 1 aromatic heterocycles. The average molecular weight is 239 g/mol. The van der Waals surface area contributed by atoms with Crippen molar-refractivity contribution in [2.75, 3.05) is 26.7 Å². The Kier molecular flexibility index (Phi) is 6.16. The molecule has 1 aromatic rings. The summed E-state index contributed by atoms with van der Waals surface area (Å²) in [5, 5.41) is 8.66. The number of hydrogen-bond acceptors (Lipinski definition) is 5. The standard InChI is InChI=1S/C11H17N3O3/c1-14(6-7-15)8-11(16)13-17-9-10-4-2-3-5-12-10/h2-5,15H,6-9H2,1H3,(H,13,16). The van der Waals surface area contributed by atoms with Gasteiger partial charge in [-0.25, -0.2) is 5.48 Å². The number of pyridine rings is 1. The van der Waals surface area contributed by atoms with Crippen LogP contribution < -0.4 is 5.48 Å². The lowest BCUT2D eigenvalue weighted by molar-refractivity contribution is -0.135. The largest absolute Gasteiger partial charge is 0.395 e. The fourth-order valence-corrected chi connectivity index (χ4v) is 1.20. The molecule has 0 radical (unpaired) electrons. The molecule has 0 saturated heterocycles. The Morgan fingerprint density at radius 1 is 1.59 bits per heavy atom. The third-order valence-corrected chi connectivity index (χ3v) is 2.03. The van der Waals surface area contributed by atoms with Crippen molar-refractivity contribution in [2.24, 2.45) is 0 Å². The van der Waals surface area contributed by atoms with Gasteiger partial charge in [0.2, 0.25) is 0 Å². The number of nitrogens with one attached hydrogen (secondary N) is 1. The molecule has 0 aromatic carbocycles. The van der Waals surface area contributed by atoms with Crippen molar-refractivity contribution < 1.29 is 14.7 Å². The van der Waals surface area contributed by atoms with Crippen LogP contribution in [0.3, 0.4) is 0 Å². The summed E-state index contributed by atoms with van der Waals surface area (Å²) in [6, 6.07) is 5.47. The number of hydroxylamine groups is 1. The zero-order valence-corrected chi connectivity index (χ0v) is 9.80. The number of carbonyl (C=O) groups excluding carboxylic acids is 1. The molecule has 94 valence electrons. The Morgan fingerprint density at radius 2 is 2.41 bits per heavy atom. The van der Waals surface area contributed by atoms with Gasteiger partial charge in [0.25, 0.3) is 5.91 Å². The Labute approximate surface area is 100 Å². The van der Waals surface area contributed by atoms with E-state index in [4.69, 9.17) is 9.94 Å². The van der Waals surface area contributed by atoms with Gasteiger partial charge >= 0.3 is 0 Å². The Balaban J connectivity index is 2.16. The topological polar surface area (TPSA) is 74.7 Å². The van der Waals surface area contributed by atoms with Crippen molar-refractivity contribution in [1.29, 1.82) is 0 Å². The van der Waals surface area contributed by atoms with Gasteiger partial charge in [0.15, 0.2) is 0 Å². The summed E-state index contributed by atoms with van der Waals surface area (Å²) in [5.74, 6) is -0.253. The Bertz CT molecular complexity index is 332. The predicted molar refractivity (Wildman–Crippen MR) is 61.8 cm³/mol. The van der Waals surface area contributed by atoms with E-state index in [2.05, 4.69) is 10.5 Å². The van der Waals surface area contributed by atoms with Gasteiger partial charge in [0.1, 0.15) is 6.61 Å². The number of aliphatic hydroxyl groups excluding tert-OH is 1. The third-order valence-electron chi connectivity index (χ3n) is 2.03. The van der Waals surface area contributed by atoms with Gasteiger partial charge in [-0.05, 0) is 19.2 Å². The molecule has 6 heteroatoms. The molecule has 1 rings (SSSR count). The number of rotatable bonds is 7. The van der Waals surface area contributed by atoms with E-state index in [9.17, 15) is 4.79 Å². The summed E-state index contributed by atoms with van der Waals surface area (Å²) < 4.78 is 0. The highest BCUT2D eigenvalue weighted by atomic mass is 16.6. The molecule has 0 aliphatic carbocycles. The quantitative estimate of drug-likeness (QED) is 0.631. The average Bonchev–Trinajstić information content (AvgIpc) is 2.30. The number of likely N-dealkylation sites (N-methyl/N-ethyl adjacent to an activating group) is 1. The van der Waals surface area contributed by atoms with E-state index >= 15 is 0 Å². The number of hydrogen-bond donors (Lipinski definition) is 2. The fraction of sp³-hybridized carbons (Fsp3) is 0.455. The highest BCUT2D eigenvalue weighted by molar-refractivity contribution is 5.76. The lowest BCUT2D eigenvalue weighted by Crippen LogP contribution is -2.36. The second-order valence-electron chi connectivity index (χ2n) is 3.60. The van der Waals surface area contributed by atoms with Crippen LogP contribution in [-0.2, 0) is 16.2 Å². The summed E-state index contributed by atoms with van der Waals surface area (Å²) in [5.41, 5.74) is 3.06. The van der Waals surface area contributed by atoms with Crippen LogP contribution in [-0.4, -0.2) is 47.6 Å². The van der Waals surface area contributed by atoms with Crippen molar-refractivity contribution in [2.45, 2.75) is 6.61 Å². The van der Waals surface area contributed by atoms with E-state index in [1.807, 2.05) is 18.2 Å². The Hall–Kier alpha value is -1.50. The minimum atomic E-state index is -0.253. The maximum atomic E-state index is 11.3. The van der Waals surface area contributed by atoms with Crippen molar-refractivity contribution in [1.82, 2.24) is 15.4 Å². The van der Waals surface area contributed by atoms with Gasteiger partial charge < -0.3 is 5.11 Å². The molecule has 17 heavy (non-hydrogen) atoms. The molecule has 0 aliphatic rings. The number of carbonyl (C=O) groups is 1. The molecule has 0 saturated carbocycles. The van der Waals surface area contributed by atoms with Gasteiger partial charge in [0, 0.05) is 12.7 Å². The molecule has 0 atom stereocenters. The molecule has 0 fully saturated rings. The SMILES string of the molecule is CN(CCO)CC(=O)NOCc1ccccn1. The van der Waals surface area contributed by atoms with Crippen LogP contribution in [0.5, 0.6) is 0 Å². The summed E-state index contributed by atoms with van der Waals surface area (Å²) in [7, 11) is 1.74. The highest BCUT2D eigenvalue weighted by Crippen LogP contribution is 1.94. The van der Waals surface area contributed by atoms with E-state index in [0.29, 0.717) is 6.54 Å². The van der Waals surface area contributed by atoms with E-state index in [-0.39, 0.29) is 25.7 Å². The van der Waals surface area contributed by atoms with E-state index < -0.39 is 0 Å². The molecule has 2 N–H and O–H groups in total. The van der Waals surface area contributed by atoms with E-state index in [1.54, 1.807) is 18.1 Å². The first kappa shape index (κ1) is 13.6. The second kappa shape index (κ2) is 7.72. The minimum absolute atomic E-state index is 0.0264. The lowest BCUT2D eigenvalue weighted by atomic mass is 10.4. The van der Waals surface area contributed by atoms with Gasteiger partial charge in [-0.2, -0.15) is 0 Å². The van der Waals surface area contributed by atoms with Gasteiger partial charge in [-0.3, -0.25) is 19.5 Å². The van der Waals surface area contributed by atoms with Crippen LogP contribution in [0.1, 0.15) is 5.69 Å². The van der Waals surface area contributed by atoms with Crippen LogP contribution in [0.15, 0.2) is 24.4 Å². The van der Waals surface area contributed by atoms with Gasteiger partial charge in [0.05, 0.1) is 18.8 Å². The first-order chi connectivity index (χ1) is 8.22. The number of amides is 1. The fourth-order valence-electron chi connectivity index (χ4n) is 1.20. The van der Waals surface area contributed by atoms with Crippen molar-refractivity contribution in [3.8, 4) is 0 Å². The van der Waals surface area contributed by atoms with Crippen LogP contribution in [0.2, 0.25) is 0 Å². The molecule has 1 heterocycles. The Morgan fingerprint density at radius 3 is 3.06 bits per heavy atom. The molecular weight excluding hydrogens is 222 g/mol. The number of aromatic nitrogens is 1. The summed E-state index contributed by atoms with van der Waals surface area (Å²) in [4.78, 5) is 22.1. The van der Waals surface area contributed by atoms with Crippen molar-refractivity contribution in [3.63, 3.8) is 0 Å². The van der Waals surface area contributed by atoms with Crippen LogP contribution in [0.4, 0.5) is 0 Å². The van der Waals surface area contributed by atoms with Crippen LogP contribution in [0.25, 0.3) is 0 Å². The zero-order chi connectivity index (χ0) is 12.5. The van der Waals surface area contributed by atoms with Crippen molar-refractivity contribution >= 4 is 5.91 Å². The molecule has 0 aliphatic heterocycles. The summed E-state index contributed by atoms with van der Waals surface area (Å²) in [6.07, 6.45) is 1.66. The van der Waals surface area contributed by atoms with E-state index in [0.717, 1.165) is 5.69 Å². The first-order valence-electron chi connectivity index (χ1n) is 5.32. The van der Waals surface area contributed by atoms with E-state index in [1.165, 1.54) is 0 Å². The predicted octanol–water partition coefficient (Wildman–Crippen LogP) is -0.446. The summed E-state index contributed by atoms with van der Waals surface area (Å²) in [6.45, 7) is 0.894. The lowest BCUT2D eigenvalue weighted by Gasteiger charge is -2.14. The zero-order valence-electron chi connectivity index (χ0n) is 9.80. The number of nitrogens with zero attached hydrogens (tertiary/aromatic N) is 2. The minimum Gasteiger partial charge on any atom is -0.395 e. The van der Waals surface area contributed by atoms with Gasteiger partial charge in [-0.15, -0.1) is 0 Å². The molecule has 1 amide bonds. The smallest absolute Gasteiger partial charge is 0.257 e. The molecule has 6 nitrogen and oxygen atoms in total. The van der Waals surface area contributed by atoms with Gasteiger partial charge in [-0.1, -0.05) is 6.07 Å². The van der Waals surface area contributed by atoms with Crippen LogP contribution >= 0.6 is 0 Å². The maximum Gasteiger partial charge on any atom is 0.257 e. The third kappa shape index (κ3) is 5.96. The number of aliphatic hydroxyl groups is 1. The van der Waals surface area contributed by atoms with Crippen molar-refractivity contribution in [3.05, 3.63) is 30.1 Å². The monoisotopic (exact) mass is 239 g/mol. The maximum absolute atomic E-state index is 11.3. The molecule has 0 spiro atoms.